The van der Waals surface area contributed by atoms with Gasteiger partial charge in [-0.1, -0.05) is 23.7 Å². The summed E-state index contributed by atoms with van der Waals surface area (Å²) in [5.74, 6) is 0.153. The van der Waals surface area contributed by atoms with E-state index in [0.717, 1.165) is 5.56 Å². The average molecular weight is 344 g/mol. The van der Waals surface area contributed by atoms with E-state index in [9.17, 15) is 9.90 Å². The van der Waals surface area contributed by atoms with Crippen molar-refractivity contribution in [2.45, 2.75) is 6.04 Å². The van der Waals surface area contributed by atoms with Crippen molar-refractivity contribution in [1.29, 1.82) is 0 Å². The van der Waals surface area contributed by atoms with Crippen LogP contribution in [0.15, 0.2) is 55.2 Å². The molecule has 3 rings (SSSR count). The summed E-state index contributed by atoms with van der Waals surface area (Å²) in [5.41, 5.74) is 1.17. The third-order valence-electron chi connectivity index (χ3n) is 3.42. The summed E-state index contributed by atoms with van der Waals surface area (Å²) < 4.78 is 1.46. The Labute approximate surface area is 142 Å². The van der Waals surface area contributed by atoms with Crippen molar-refractivity contribution in [3.8, 4) is 5.82 Å². The lowest BCUT2D eigenvalue weighted by atomic mass is 10.1. The van der Waals surface area contributed by atoms with Gasteiger partial charge in [-0.05, 0) is 29.8 Å². The fourth-order valence-electron chi connectivity index (χ4n) is 2.18. The summed E-state index contributed by atoms with van der Waals surface area (Å²) in [4.78, 5) is 20.5. The minimum absolute atomic E-state index is 0.228. The maximum Gasteiger partial charge on any atom is 0.252 e. The molecular weight excluding hydrogens is 330 g/mol. The average Bonchev–Trinajstić information content (AvgIpc) is 3.15. The number of rotatable bonds is 5. The maximum absolute atomic E-state index is 12.5. The molecule has 0 radical (unpaired) electrons. The summed E-state index contributed by atoms with van der Waals surface area (Å²) in [6, 6.07) is 9.60. The predicted molar refractivity (Wildman–Crippen MR) is 87.9 cm³/mol. The molecule has 1 amide bonds. The second-order valence-electron chi connectivity index (χ2n) is 5.00. The van der Waals surface area contributed by atoms with Crippen LogP contribution < -0.4 is 5.32 Å². The lowest BCUT2D eigenvalue weighted by Gasteiger charge is -2.17. The molecule has 3 aromatic rings. The molecule has 1 unspecified atom stereocenters. The minimum Gasteiger partial charge on any atom is -0.394 e. The molecule has 0 aliphatic rings. The van der Waals surface area contributed by atoms with Crippen LogP contribution in [0.1, 0.15) is 22.0 Å². The van der Waals surface area contributed by atoms with E-state index in [-0.39, 0.29) is 12.5 Å². The van der Waals surface area contributed by atoms with E-state index in [0.29, 0.717) is 16.4 Å². The largest absolute Gasteiger partial charge is 0.394 e. The fourth-order valence-corrected chi connectivity index (χ4v) is 2.31. The summed E-state index contributed by atoms with van der Waals surface area (Å²) in [5, 5.41) is 16.9. The summed E-state index contributed by atoms with van der Waals surface area (Å²) in [7, 11) is 0. The number of carbonyl (C=O) groups is 1. The lowest BCUT2D eigenvalue weighted by Crippen LogP contribution is -2.30. The summed E-state index contributed by atoms with van der Waals surface area (Å²) in [6.07, 6.45) is 4.40. The topological polar surface area (TPSA) is 92.9 Å². The van der Waals surface area contributed by atoms with Crippen LogP contribution in [0.4, 0.5) is 0 Å². The molecule has 0 fully saturated rings. The fraction of sp³-hybridized carbons (Fsp3) is 0.125. The van der Waals surface area contributed by atoms with Crippen LogP contribution in [0.5, 0.6) is 0 Å². The smallest absolute Gasteiger partial charge is 0.252 e. The predicted octanol–water partition coefficient (Wildman–Crippen LogP) is 1.78. The van der Waals surface area contributed by atoms with Crippen LogP contribution in [0, 0.1) is 0 Å². The van der Waals surface area contributed by atoms with Crippen molar-refractivity contribution in [1.82, 2.24) is 25.1 Å². The number of benzene rings is 1. The van der Waals surface area contributed by atoms with Crippen molar-refractivity contribution >= 4 is 17.5 Å². The number of nitrogens with zero attached hydrogens (tertiary/aromatic N) is 4. The van der Waals surface area contributed by atoms with E-state index >= 15 is 0 Å². The van der Waals surface area contributed by atoms with Crippen molar-refractivity contribution in [3.63, 3.8) is 0 Å². The Morgan fingerprint density at radius 3 is 2.75 bits per heavy atom. The SMILES string of the molecule is O=C(NC(CO)c1ccc(Cl)cc1)c1ccnc(-n2cncn2)c1. The van der Waals surface area contributed by atoms with Crippen LogP contribution in [-0.2, 0) is 0 Å². The zero-order valence-electron chi connectivity index (χ0n) is 12.5. The first-order valence-electron chi connectivity index (χ1n) is 7.15. The molecule has 1 atom stereocenters. The number of aliphatic hydroxyl groups is 1. The first kappa shape index (κ1) is 16.1. The number of hydrogen-bond donors (Lipinski definition) is 2. The number of amides is 1. The van der Waals surface area contributed by atoms with Gasteiger partial charge in [0.1, 0.15) is 12.7 Å². The molecule has 1 aromatic carbocycles. The van der Waals surface area contributed by atoms with Crippen LogP contribution in [-0.4, -0.2) is 37.4 Å². The number of nitrogens with one attached hydrogen (secondary N) is 1. The molecule has 0 bridgehead atoms. The van der Waals surface area contributed by atoms with Crippen LogP contribution >= 0.6 is 11.6 Å². The second-order valence-corrected chi connectivity index (χ2v) is 5.44. The third-order valence-corrected chi connectivity index (χ3v) is 3.67. The molecule has 7 nitrogen and oxygen atoms in total. The molecule has 2 heterocycles. The van der Waals surface area contributed by atoms with E-state index < -0.39 is 6.04 Å². The van der Waals surface area contributed by atoms with Gasteiger partial charge in [-0.15, -0.1) is 0 Å². The van der Waals surface area contributed by atoms with Crippen LogP contribution in [0.3, 0.4) is 0 Å². The first-order valence-corrected chi connectivity index (χ1v) is 7.53. The van der Waals surface area contributed by atoms with Crippen LogP contribution in [0.25, 0.3) is 5.82 Å². The van der Waals surface area contributed by atoms with E-state index in [4.69, 9.17) is 11.6 Å². The van der Waals surface area contributed by atoms with Gasteiger partial charge in [0.05, 0.1) is 12.6 Å². The first-order chi connectivity index (χ1) is 11.7. The Morgan fingerprint density at radius 2 is 2.08 bits per heavy atom. The second kappa shape index (κ2) is 7.20. The molecule has 122 valence electrons. The number of pyridine rings is 1. The monoisotopic (exact) mass is 343 g/mol. The van der Waals surface area contributed by atoms with Gasteiger partial charge in [0.2, 0.25) is 0 Å². The minimum atomic E-state index is -0.530. The van der Waals surface area contributed by atoms with E-state index in [2.05, 4.69) is 20.4 Å². The van der Waals surface area contributed by atoms with Gasteiger partial charge in [0.25, 0.3) is 5.91 Å². The Bertz CT molecular complexity index is 821. The van der Waals surface area contributed by atoms with E-state index in [1.807, 2.05) is 0 Å². The molecular formula is C16H14ClN5O2. The van der Waals surface area contributed by atoms with Gasteiger partial charge < -0.3 is 10.4 Å². The highest BCUT2D eigenvalue weighted by Crippen LogP contribution is 2.17. The van der Waals surface area contributed by atoms with Gasteiger partial charge in [-0.3, -0.25) is 4.79 Å². The Balaban J connectivity index is 1.78. The van der Waals surface area contributed by atoms with E-state index in [1.165, 1.54) is 23.5 Å². The molecule has 24 heavy (non-hydrogen) atoms. The molecule has 0 spiro atoms. The standard InChI is InChI=1S/C16H14ClN5O2/c17-13-3-1-11(2-4-13)14(8-23)21-16(24)12-5-6-19-15(7-12)22-10-18-9-20-22/h1-7,9-10,14,23H,8H2,(H,21,24). The van der Waals surface area contributed by atoms with Crippen molar-refractivity contribution < 1.29 is 9.90 Å². The number of aromatic nitrogens is 4. The maximum atomic E-state index is 12.5. The summed E-state index contributed by atoms with van der Waals surface area (Å²) in [6.45, 7) is -0.228. The third kappa shape index (κ3) is 3.58. The molecule has 2 aromatic heterocycles. The highest BCUT2D eigenvalue weighted by Gasteiger charge is 2.16. The van der Waals surface area contributed by atoms with Gasteiger partial charge in [0.15, 0.2) is 5.82 Å². The molecule has 0 saturated heterocycles. The number of hydrogen-bond acceptors (Lipinski definition) is 5. The van der Waals surface area contributed by atoms with Gasteiger partial charge in [-0.25, -0.2) is 14.6 Å². The van der Waals surface area contributed by atoms with Gasteiger partial charge >= 0.3 is 0 Å². The van der Waals surface area contributed by atoms with Gasteiger partial charge in [0, 0.05) is 16.8 Å². The Hall–Kier alpha value is -2.77. The Kier molecular flexibility index (Phi) is 4.83. The van der Waals surface area contributed by atoms with E-state index in [1.54, 1.807) is 36.4 Å². The highest BCUT2D eigenvalue weighted by atomic mass is 35.5. The highest BCUT2D eigenvalue weighted by molar-refractivity contribution is 6.30. The molecule has 0 aliphatic heterocycles. The van der Waals surface area contributed by atoms with Crippen molar-refractivity contribution in [3.05, 3.63) is 71.4 Å². The molecule has 0 aliphatic carbocycles. The quantitative estimate of drug-likeness (QED) is 0.736. The zero-order chi connectivity index (χ0) is 16.9. The molecule has 2 N–H and O–H groups in total. The van der Waals surface area contributed by atoms with Crippen LogP contribution in [0.2, 0.25) is 5.02 Å². The normalized spacial score (nSPS) is 11.9. The molecule has 8 heteroatoms. The van der Waals surface area contributed by atoms with Crippen molar-refractivity contribution in [2.24, 2.45) is 0 Å². The number of halogens is 1. The number of carbonyl (C=O) groups excluding carboxylic acids is 1. The van der Waals surface area contributed by atoms with Crippen molar-refractivity contribution in [2.75, 3.05) is 6.61 Å². The zero-order valence-corrected chi connectivity index (χ0v) is 13.3. The summed E-state index contributed by atoms with van der Waals surface area (Å²) >= 11 is 5.86. The molecule has 0 saturated carbocycles. The lowest BCUT2D eigenvalue weighted by molar-refractivity contribution is 0.0916. The van der Waals surface area contributed by atoms with Gasteiger partial charge in [-0.2, -0.15) is 5.10 Å². The Morgan fingerprint density at radius 1 is 1.29 bits per heavy atom. The number of aliphatic hydroxyl groups excluding tert-OH is 1.